The number of rotatable bonds is 5. The second-order valence-electron chi connectivity index (χ2n) is 6.70. The number of morpholine rings is 1. The summed E-state index contributed by atoms with van der Waals surface area (Å²) in [7, 11) is -2.94. The molecule has 1 aliphatic carbocycles. The summed E-state index contributed by atoms with van der Waals surface area (Å²) >= 11 is 0. The maximum atomic E-state index is 11.8. The normalized spacial score (nSPS) is 29.8. The number of hydrogen-bond donors (Lipinski definition) is 1. The molecule has 5 nitrogen and oxygen atoms in total. The lowest BCUT2D eigenvalue weighted by Gasteiger charge is -2.41. The van der Waals surface area contributed by atoms with Gasteiger partial charge in [0.25, 0.3) is 0 Å². The van der Waals surface area contributed by atoms with E-state index in [0.29, 0.717) is 0 Å². The Bertz CT molecular complexity index is 416. The van der Waals surface area contributed by atoms with Crippen LogP contribution >= 0.6 is 0 Å². The zero-order chi connectivity index (χ0) is 14.8. The smallest absolute Gasteiger partial charge is 0.151 e. The highest BCUT2D eigenvalue weighted by atomic mass is 32.2. The van der Waals surface area contributed by atoms with Gasteiger partial charge in [0.2, 0.25) is 0 Å². The molecule has 1 saturated carbocycles. The molecule has 0 spiro atoms. The van der Waals surface area contributed by atoms with Crippen molar-refractivity contribution >= 4 is 9.84 Å². The van der Waals surface area contributed by atoms with E-state index in [1.807, 2.05) is 0 Å². The number of ether oxygens (including phenoxy) is 1. The third-order valence-corrected chi connectivity index (χ3v) is 6.33. The molecule has 0 aromatic heterocycles. The van der Waals surface area contributed by atoms with Gasteiger partial charge in [-0.25, -0.2) is 8.42 Å². The van der Waals surface area contributed by atoms with Crippen LogP contribution in [0.25, 0.3) is 0 Å². The van der Waals surface area contributed by atoms with Crippen LogP contribution < -0.4 is 5.32 Å². The van der Waals surface area contributed by atoms with Crippen molar-refractivity contribution in [2.75, 3.05) is 39.1 Å². The third kappa shape index (κ3) is 3.93. The molecule has 6 heteroatoms. The van der Waals surface area contributed by atoms with Gasteiger partial charge in [0, 0.05) is 37.5 Å². The van der Waals surface area contributed by atoms with Gasteiger partial charge in [-0.1, -0.05) is 6.42 Å². The molecule has 1 aliphatic heterocycles. The SMILES string of the molecule is CC(C)(CNC1CCCC1S(C)(=O)=O)N1CCOCC1. The minimum absolute atomic E-state index is 0.0361. The van der Waals surface area contributed by atoms with Gasteiger partial charge in [0.05, 0.1) is 18.5 Å². The average Bonchev–Trinajstić information content (AvgIpc) is 2.86. The van der Waals surface area contributed by atoms with Crippen molar-refractivity contribution in [2.24, 2.45) is 0 Å². The molecule has 118 valence electrons. The largest absolute Gasteiger partial charge is 0.379 e. The maximum absolute atomic E-state index is 11.8. The minimum atomic E-state index is -2.94. The first kappa shape index (κ1) is 16.2. The molecule has 0 aromatic rings. The number of sulfone groups is 1. The molecule has 0 aromatic carbocycles. The third-order valence-electron chi connectivity index (χ3n) is 4.67. The van der Waals surface area contributed by atoms with Crippen LogP contribution in [0.5, 0.6) is 0 Å². The van der Waals surface area contributed by atoms with Gasteiger partial charge in [-0.15, -0.1) is 0 Å². The lowest BCUT2D eigenvalue weighted by molar-refractivity contribution is -0.0103. The van der Waals surface area contributed by atoms with E-state index in [0.717, 1.165) is 52.1 Å². The first-order valence-electron chi connectivity index (χ1n) is 7.56. The summed E-state index contributed by atoms with van der Waals surface area (Å²) in [4.78, 5) is 2.42. The summed E-state index contributed by atoms with van der Waals surface area (Å²) in [6.07, 6.45) is 4.14. The van der Waals surface area contributed by atoms with Crippen LogP contribution in [0.3, 0.4) is 0 Å². The van der Waals surface area contributed by atoms with Crippen LogP contribution in [0.4, 0.5) is 0 Å². The van der Waals surface area contributed by atoms with Crippen molar-refractivity contribution < 1.29 is 13.2 Å². The molecule has 1 saturated heterocycles. The number of nitrogens with zero attached hydrogens (tertiary/aromatic N) is 1. The fourth-order valence-electron chi connectivity index (χ4n) is 3.33. The quantitative estimate of drug-likeness (QED) is 0.808. The van der Waals surface area contributed by atoms with Crippen molar-refractivity contribution in [2.45, 2.75) is 49.9 Å². The molecular formula is C14H28N2O3S. The van der Waals surface area contributed by atoms with Crippen LogP contribution in [0.15, 0.2) is 0 Å². The predicted molar refractivity (Wildman–Crippen MR) is 80.7 cm³/mol. The maximum Gasteiger partial charge on any atom is 0.151 e. The summed E-state index contributed by atoms with van der Waals surface area (Å²) in [5, 5.41) is 3.31. The number of hydrogen-bond acceptors (Lipinski definition) is 5. The van der Waals surface area contributed by atoms with E-state index in [-0.39, 0.29) is 16.8 Å². The first-order chi connectivity index (χ1) is 9.31. The van der Waals surface area contributed by atoms with Crippen molar-refractivity contribution in [3.05, 3.63) is 0 Å². The monoisotopic (exact) mass is 304 g/mol. The predicted octanol–water partition coefficient (Wildman–Crippen LogP) is 0.653. The van der Waals surface area contributed by atoms with Crippen molar-refractivity contribution in [1.29, 1.82) is 0 Å². The molecule has 20 heavy (non-hydrogen) atoms. The first-order valence-corrected chi connectivity index (χ1v) is 9.51. The van der Waals surface area contributed by atoms with Crippen molar-refractivity contribution in [3.8, 4) is 0 Å². The molecule has 0 bridgehead atoms. The molecule has 2 fully saturated rings. The van der Waals surface area contributed by atoms with Crippen LogP contribution in [-0.2, 0) is 14.6 Å². The van der Waals surface area contributed by atoms with E-state index in [1.165, 1.54) is 6.26 Å². The van der Waals surface area contributed by atoms with E-state index >= 15 is 0 Å². The summed E-state index contributed by atoms with van der Waals surface area (Å²) in [6.45, 7) is 8.75. The van der Waals surface area contributed by atoms with Crippen LogP contribution in [0.2, 0.25) is 0 Å². The Labute approximate surface area is 123 Å². The van der Waals surface area contributed by atoms with Crippen LogP contribution in [0.1, 0.15) is 33.1 Å². The van der Waals surface area contributed by atoms with Crippen molar-refractivity contribution in [3.63, 3.8) is 0 Å². The minimum Gasteiger partial charge on any atom is -0.379 e. The Hall–Kier alpha value is -0.170. The van der Waals surface area contributed by atoms with Crippen LogP contribution in [0, 0.1) is 0 Å². The zero-order valence-corrected chi connectivity index (χ0v) is 13.7. The fraction of sp³-hybridized carbons (Fsp3) is 1.00. The highest BCUT2D eigenvalue weighted by Gasteiger charge is 2.36. The summed E-state index contributed by atoms with van der Waals surface area (Å²) in [5.74, 6) is 0. The number of nitrogens with one attached hydrogen (secondary N) is 1. The zero-order valence-electron chi connectivity index (χ0n) is 12.9. The Morgan fingerprint density at radius 2 is 1.90 bits per heavy atom. The van der Waals surface area contributed by atoms with E-state index in [1.54, 1.807) is 0 Å². The Kier molecular flexibility index (Phi) is 5.10. The average molecular weight is 304 g/mol. The van der Waals surface area contributed by atoms with Gasteiger partial charge in [-0.3, -0.25) is 4.90 Å². The molecule has 2 unspecified atom stereocenters. The van der Waals surface area contributed by atoms with E-state index in [2.05, 4.69) is 24.1 Å². The second kappa shape index (κ2) is 6.30. The molecule has 2 rings (SSSR count). The molecule has 2 atom stereocenters. The standard InChI is InChI=1S/C14H28N2O3S/c1-14(2,16-7-9-19-10-8-16)11-15-12-5-4-6-13(12)20(3,17)18/h12-13,15H,4-11H2,1-3H3. The highest BCUT2D eigenvalue weighted by Crippen LogP contribution is 2.26. The van der Waals surface area contributed by atoms with Gasteiger partial charge < -0.3 is 10.1 Å². The van der Waals surface area contributed by atoms with Gasteiger partial charge in [0.1, 0.15) is 0 Å². The lowest BCUT2D eigenvalue weighted by Crippen LogP contribution is -2.56. The molecule has 2 aliphatic rings. The Balaban J connectivity index is 1.90. The fourth-order valence-corrected chi connectivity index (χ4v) is 4.76. The topological polar surface area (TPSA) is 58.6 Å². The van der Waals surface area contributed by atoms with E-state index in [9.17, 15) is 8.42 Å². The van der Waals surface area contributed by atoms with Crippen LogP contribution in [-0.4, -0.2) is 69.3 Å². The highest BCUT2D eigenvalue weighted by molar-refractivity contribution is 7.91. The van der Waals surface area contributed by atoms with Gasteiger partial charge in [-0.2, -0.15) is 0 Å². The molecule has 0 radical (unpaired) electrons. The van der Waals surface area contributed by atoms with Crippen molar-refractivity contribution in [1.82, 2.24) is 10.2 Å². The summed E-state index contributed by atoms with van der Waals surface area (Å²) in [5.41, 5.74) is 0.0361. The molecule has 0 amide bonds. The lowest BCUT2D eigenvalue weighted by atomic mass is 10.0. The molecular weight excluding hydrogens is 276 g/mol. The Morgan fingerprint density at radius 3 is 2.50 bits per heavy atom. The van der Waals surface area contributed by atoms with E-state index < -0.39 is 9.84 Å². The van der Waals surface area contributed by atoms with Gasteiger partial charge in [0.15, 0.2) is 9.84 Å². The van der Waals surface area contributed by atoms with Gasteiger partial charge >= 0.3 is 0 Å². The molecule has 1 N–H and O–H groups in total. The van der Waals surface area contributed by atoms with Gasteiger partial charge in [-0.05, 0) is 26.7 Å². The summed E-state index contributed by atoms with van der Waals surface area (Å²) in [6, 6.07) is 0.116. The summed E-state index contributed by atoms with van der Waals surface area (Å²) < 4.78 is 29.0. The second-order valence-corrected chi connectivity index (χ2v) is 8.96. The molecule has 1 heterocycles. The van der Waals surface area contributed by atoms with E-state index in [4.69, 9.17) is 4.74 Å². The Morgan fingerprint density at radius 1 is 1.25 bits per heavy atom.